The van der Waals surface area contributed by atoms with Crippen molar-refractivity contribution in [2.75, 3.05) is 7.11 Å². The lowest BCUT2D eigenvalue weighted by molar-refractivity contribution is 0.0708. The second kappa shape index (κ2) is 4.28. The standard InChI is InChI=1S/C9H15NO2/c1-3-7(11-2)9(10)8-5-4-6-12-8/h4-7,9H,3,10H2,1-2H3. The first-order valence-electron chi connectivity index (χ1n) is 4.11. The van der Waals surface area contributed by atoms with Crippen LogP contribution in [0.3, 0.4) is 0 Å². The van der Waals surface area contributed by atoms with Crippen molar-refractivity contribution in [3.05, 3.63) is 24.2 Å². The second-order valence-corrected chi connectivity index (χ2v) is 2.72. The zero-order chi connectivity index (χ0) is 8.97. The Labute approximate surface area is 72.5 Å². The summed E-state index contributed by atoms with van der Waals surface area (Å²) < 4.78 is 10.4. The highest BCUT2D eigenvalue weighted by molar-refractivity contribution is 5.05. The molecule has 1 aromatic heterocycles. The molecule has 0 fully saturated rings. The van der Waals surface area contributed by atoms with Gasteiger partial charge in [-0.25, -0.2) is 0 Å². The molecule has 0 aliphatic heterocycles. The number of methoxy groups -OCH3 is 1. The zero-order valence-electron chi connectivity index (χ0n) is 7.49. The van der Waals surface area contributed by atoms with E-state index < -0.39 is 0 Å². The highest BCUT2D eigenvalue weighted by Gasteiger charge is 2.18. The number of furan rings is 1. The summed E-state index contributed by atoms with van der Waals surface area (Å²) in [5.74, 6) is 0.781. The van der Waals surface area contributed by atoms with Crippen LogP contribution in [0.15, 0.2) is 22.8 Å². The maximum atomic E-state index is 5.89. The number of hydrogen-bond acceptors (Lipinski definition) is 3. The number of nitrogens with two attached hydrogens (primary N) is 1. The summed E-state index contributed by atoms with van der Waals surface area (Å²) >= 11 is 0. The quantitative estimate of drug-likeness (QED) is 0.746. The molecule has 0 amide bonds. The van der Waals surface area contributed by atoms with Gasteiger partial charge in [0.2, 0.25) is 0 Å². The Kier molecular flexibility index (Phi) is 3.31. The van der Waals surface area contributed by atoms with Crippen molar-refractivity contribution in [1.82, 2.24) is 0 Å². The molecular weight excluding hydrogens is 154 g/mol. The van der Waals surface area contributed by atoms with Gasteiger partial charge in [0.1, 0.15) is 5.76 Å². The lowest BCUT2D eigenvalue weighted by Crippen LogP contribution is -2.26. The van der Waals surface area contributed by atoms with Gasteiger partial charge in [0, 0.05) is 7.11 Å². The van der Waals surface area contributed by atoms with Crippen LogP contribution in [-0.2, 0) is 4.74 Å². The van der Waals surface area contributed by atoms with Gasteiger partial charge in [0.05, 0.1) is 18.4 Å². The van der Waals surface area contributed by atoms with Crippen molar-refractivity contribution in [1.29, 1.82) is 0 Å². The van der Waals surface area contributed by atoms with Crippen molar-refractivity contribution >= 4 is 0 Å². The molecule has 0 aliphatic carbocycles. The van der Waals surface area contributed by atoms with E-state index in [0.29, 0.717) is 0 Å². The Morgan fingerprint density at radius 2 is 2.42 bits per heavy atom. The summed E-state index contributed by atoms with van der Waals surface area (Å²) in [6.45, 7) is 2.04. The van der Waals surface area contributed by atoms with E-state index in [2.05, 4.69) is 0 Å². The van der Waals surface area contributed by atoms with Crippen LogP contribution >= 0.6 is 0 Å². The molecule has 2 N–H and O–H groups in total. The van der Waals surface area contributed by atoms with Crippen LogP contribution in [-0.4, -0.2) is 13.2 Å². The van der Waals surface area contributed by atoms with Gasteiger partial charge < -0.3 is 14.9 Å². The molecule has 68 valence electrons. The van der Waals surface area contributed by atoms with Gasteiger partial charge in [0.25, 0.3) is 0 Å². The normalized spacial score (nSPS) is 15.9. The van der Waals surface area contributed by atoms with E-state index in [1.807, 2.05) is 19.1 Å². The molecule has 0 aromatic carbocycles. The van der Waals surface area contributed by atoms with E-state index in [1.54, 1.807) is 13.4 Å². The SMILES string of the molecule is CCC(OC)C(N)c1ccco1. The fourth-order valence-corrected chi connectivity index (χ4v) is 1.23. The van der Waals surface area contributed by atoms with Gasteiger partial charge in [-0.2, -0.15) is 0 Å². The number of ether oxygens (including phenoxy) is 1. The van der Waals surface area contributed by atoms with E-state index in [4.69, 9.17) is 14.9 Å². The minimum atomic E-state index is -0.157. The molecular formula is C9H15NO2. The van der Waals surface area contributed by atoms with Crippen LogP contribution in [0.25, 0.3) is 0 Å². The summed E-state index contributed by atoms with van der Waals surface area (Å²) in [7, 11) is 1.66. The van der Waals surface area contributed by atoms with E-state index >= 15 is 0 Å². The van der Waals surface area contributed by atoms with Crippen molar-refractivity contribution in [3.8, 4) is 0 Å². The van der Waals surface area contributed by atoms with Gasteiger partial charge in [-0.05, 0) is 18.6 Å². The minimum Gasteiger partial charge on any atom is -0.468 e. The molecule has 12 heavy (non-hydrogen) atoms. The van der Waals surface area contributed by atoms with Crippen LogP contribution in [0.2, 0.25) is 0 Å². The lowest BCUT2D eigenvalue weighted by atomic mass is 10.1. The summed E-state index contributed by atoms with van der Waals surface area (Å²) in [6.07, 6.45) is 2.55. The third-order valence-electron chi connectivity index (χ3n) is 1.98. The second-order valence-electron chi connectivity index (χ2n) is 2.72. The van der Waals surface area contributed by atoms with Gasteiger partial charge in [-0.1, -0.05) is 6.92 Å². The third-order valence-corrected chi connectivity index (χ3v) is 1.98. The number of hydrogen-bond donors (Lipinski definition) is 1. The summed E-state index contributed by atoms with van der Waals surface area (Å²) in [4.78, 5) is 0. The van der Waals surface area contributed by atoms with Crippen LogP contribution < -0.4 is 5.73 Å². The Morgan fingerprint density at radius 1 is 1.67 bits per heavy atom. The monoisotopic (exact) mass is 169 g/mol. The lowest BCUT2D eigenvalue weighted by Gasteiger charge is -2.18. The molecule has 1 aromatic rings. The zero-order valence-corrected chi connectivity index (χ0v) is 7.49. The van der Waals surface area contributed by atoms with Gasteiger partial charge >= 0.3 is 0 Å². The Morgan fingerprint density at radius 3 is 2.83 bits per heavy atom. The maximum Gasteiger partial charge on any atom is 0.123 e. The van der Waals surface area contributed by atoms with Crippen molar-refractivity contribution in [2.24, 2.45) is 5.73 Å². The van der Waals surface area contributed by atoms with Gasteiger partial charge in [0.15, 0.2) is 0 Å². The van der Waals surface area contributed by atoms with E-state index in [1.165, 1.54) is 0 Å². The molecule has 1 heterocycles. The molecule has 3 nitrogen and oxygen atoms in total. The van der Waals surface area contributed by atoms with Crippen molar-refractivity contribution in [3.63, 3.8) is 0 Å². The molecule has 0 aliphatic rings. The molecule has 0 saturated heterocycles. The smallest absolute Gasteiger partial charge is 0.123 e. The summed E-state index contributed by atoms with van der Waals surface area (Å²) in [5.41, 5.74) is 5.89. The fourth-order valence-electron chi connectivity index (χ4n) is 1.23. The van der Waals surface area contributed by atoms with Gasteiger partial charge in [-0.15, -0.1) is 0 Å². The molecule has 0 radical (unpaired) electrons. The molecule has 2 atom stereocenters. The average Bonchev–Trinajstić information content (AvgIpc) is 2.58. The topological polar surface area (TPSA) is 48.4 Å². The summed E-state index contributed by atoms with van der Waals surface area (Å²) in [5, 5.41) is 0. The van der Waals surface area contributed by atoms with Crippen LogP contribution in [0.4, 0.5) is 0 Å². The van der Waals surface area contributed by atoms with Crippen LogP contribution in [0.1, 0.15) is 25.1 Å². The molecule has 1 rings (SSSR count). The first-order valence-corrected chi connectivity index (χ1v) is 4.11. The van der Waals surface area contributed by atoms with Crippen LogP contribution in [0, 0.1) is 0 Å². The highest BCUT2D eigenvalue weighted by atomic mass is 16.5. The largest absolute Gasteiger partial charge is 0.468 e. The first-order chi connectivity index (χ1) is 5.79. The molecule has 0 bridgehead atoms. The predicted octanol–water partition coefficient (Wildman–Crippen LogP) is 1.70. The average molecular weight is 169 g/mol. The maximum absolute atomic E-state index is 5.89. The van der Waals surface area contributed by atoms with Crippen molar-refractivity contribution < 1.29 is 9.15 Å². The Bertz CT molecular complexity index is 204. The first kappa shape index (κ1) is 9.29. The van der Waals surface area contributed by atoms with Crippen LogP contribution in [0.5, 0.6) is 0 Å². The predicted molar refractivity (Wildman–Crippen MR) is 46.7 cm³/mol. The third kappa shape index (κ3) is 1.87. The summed E-state index contributed by atoms with van der Waals surface area (Å²) in [6, 6.07) is 3.54. The Hall–Kier alpha value is -0.800. The van der Waals surface area contributed by atoms with E-state index in [0.717, 1.165) is 12.2 Å². The van der Waals surface area contributed by atoms with E-state index in [-0.39, 0.29) is 12.1 Å². The molecule has 2 unspecified atom stereocenters. The van der Waals surface area contributed by atoms with Gasteiger partial charge in [-0.3, -0.25) is 0 Å². The minimum absolute atomic E-state index is 0.0381. The molecule has 0 spiro atoms. The molecule has 0 saturated carbocycles. The number of rotatable bonds is 4. The molecule has 3 heteroatoms. The Balaban J connectivity index is 2.63. The fraction of sp³-hybridized carbons (Fsp3) is 0.556. The highest BCUT2D eigenvalue weighted by Crippen LogP contribution is 2.18. The van der Waals surface area contributed by atoms with Crippen molar-refractivity contribution in [2.45, 2.75) is 25.5 Å². The van der Waals surface area contributed by atoms with E-state index in [9.17, 15) is 0 Å².